The Labute approximate surface area is 159 Å². The number of fused-ring (bicyclic) bond motifs is 1. The van der Waals surface area contributed by atoms with Gasteiger partial charge in [-0.25, -0.2) is 10.5 Å². The monoisotopic (exact) mass is 370 g/mol. The molecule has 1 saturated carbocycles. The number of carbonyl (C=O) groups excluding carboxylic acids is 2. The van der Waals surface area contributed by atoms with Crippen molar-refractivity contribution in [3.63, 3.8) is 0 Å². The van der Waals surface area contributed by atoms with Crippen molar-refractivity contribution in [1.82, 2.24) is 15.3 Å². The summed E-state index contributed by atoms with van der Waals surface area (Å²) >= 11 is 0. The van der Waals surface area contributed by atoms with Crippen molar-refractivity contribution in [3.8, 4) is 0 Å². The third-order valence-corrected chi connectivity index (χ3v) is 5.92. The Balaban J connectivity index is 1.45. The Morgan fingerprint density at radius 2 is 2.00 bits per heavy atom. The lowest BCUT2D eigenvalue weighted by Gasteiger charge is -2.55. The van der Waals surface area contributed by atoms with E-state index in [4.69, 9.17) is 5.21 Å². The van der Waals surface area contributed by atoms with Crippen molar-refractivity contribution in [2.45, 2.75) is 57.4 Å². The van der Waals surface area contributed by atoms with Gasteiger partial charge in [0.15, 0.2) is 0 Å². The molecule has 0 radical (unpaired) electrons. The SMILES string of the molecule is O=C(NO)C1=C/N=C(N2C=C3[C@H]2CN3C(=O)C2CCCCC2)CCC/C=C\1. The van der Waals surface area contributed by atoms with Gasteiger partial charge in [0, 0.05) is 24.7 Å². The summed E-state index contributed by atoms with van der Waals surface area (Å²) in [6, 6.07) is 0.230. The maximum absolute atomic E-state index is 12.7. The van der Waals surface area contributed by atoms with E-state index in [0.29, 0.717) is 11.5 Å². The minimum atomic E-state index is -0.566. The smallest absolute Gasteiger partial charge is 0.276 e. The van der Waals surface area contributed by atoms with Crippen LogP contribution in [0.2, 0.25) is 0 Å². The van der Waals surface area contributed by atoms with E-state index in [2.05, 4.69) is 9.89 Å². The molecule has 1 aliphatic carbocycles. The molecule has 0 aromatic carbocycles. The lowest BCUT2D eigenvalue weighted by Crippen LogP contribution is -2.66. The molecular formula is C20H26N4O3. The second-order valence-corrected chi connectivity index (χ2v) is 7.63. The molecule has 3 heterocycles. The second kappa shape index (κ2) is 7.68. The van der Waals surface area contributed by atoms with Crippen LogP contribution < -0.4 is 5.48 Å². The summed E-state index contributed by atoms with van der Waals surface area (Å²) in [4.78, 5) is 32.9. The highest BCUT2D eigenvalue weighted by Gasteiger charge is 2.48. The number of hydroxylamine groups is 1. The van der Waals surface area contributed by atoms with Gasteiger partial charge in [-0.2, -0.15) is 0 Å². The van der Waals surface area contributed by atoms with Crippen molar-refractivity contribution in [2.75, 3.05) is 6.54 Å². The van der Waals surface area contributed by atoms with Gasteiger partial charge in [0.2, 0.25) is 5.91 Å². The van der Waals surface area contributed by atoms with Crippen LogP contribution in [0.1, 0.15) is 51.4 Å². The van der Waals surface area contributed by atoms with Gasteiger partial charge >= 0.3 is 0 Å². The topological polar surface area (TPSA) is 85.2 Å². The van der Waals surface area contributed by atoms with Crippen LogP contribution in [-0.4, -0.2) is 45.2 Å². The first-order valence-corrected chi connectivity index (χ1v) is 9.88. The van der Waals surface area contributed by atoms with Crippen molar-refractivity contribution in [1.29, 1.82) is 0 Å². The summed E-state index contributed by atoms with van der Waals surface area (Å²) in [5.74, 6) is 0.828. The van der Waals surface area contributed by atoms with Crippen molar-refractivity contribution in [2.24, 2.45) is 10.9 Å². The highest BCUT2D eigenvalue weighted by molar-refractivity contribution is 5.96. The number of carbonyl (C=O) groups is 2. The molecule has 7 heteroatoms. The average molecular weight is 370 g/mol. The van der Waals surface area contributed by atoms with E-state index < -0.39 is 5.91 Å². The second-order valence-electron chi connectivity index (χ2n) is 7.63. The molecule has 1 atom stereocenters. The highest BCUT2D eigenvalue weighted by atomic mass is 16.5. The zero-order valence-electron chi connectivity index (χ0n) is 15.4. The van der Waals surface area contributed by atoms with Crippen LogP contribution in [0.5, 0.6) is 0 Å². The maximum Gasteiger partial charge on any atom is 0.276 e. The van der Waals surface area contributed by atoms with Gasteiger partial charge in [0.1, 0.15) is 5.84 Å². The highest BCUT2D eigenvalue weighted by Crippen LogP contribution is 2.39. The van der Waals surface area contributed by atoms with Crippen molar-refractivity contribution >= 4 is 17.6 Å². The minimum absolute atomic E-state index is 0.199. The fourth-order valence-electron chi connectivity index (χ4n) is 4.25. The summed E-state index contributed by atoms with van der Waals surface area (Å²) < 4.78 is 0. The molecular weight excluding hydrogens is 344 g/mol. The number of allylic oxidation sites excluding steroid dienone is 1. The predicted molar refractivity (Wildman–Crippen MR) is 100 cm³/mol. The summed E-state index contributed by atoms with van der Waals surface area (Å²) in [6.07, 6.45) is 15.3. The van der Waals surface area contributed by atoms with Crippen LogP contribution in [0.25, 0.3) is 0 Å². The van der Waals surface area contributed by atoms with Gasteiger partial charge in [0.05, 0.1) is 23.9 Å². The van der Waals surface area contributed by atoms with E-state index in [1.165, 1.54) is 25.5 Å². The third kappa shape index (κ3) is 3.43. The molecule has 1 saturated heterocycles. The molecule has 144 valence electrons. The van der Waals surface area contributed by atoms with Gasteiger partial charge in [-0.1, -0.05) is 31.4 Å². The molecule has 0 aromatic rings. The number of amides is 2. The molecule has 0 aromatic heterocycles. The first-order valence-electron chi connectivity index (χ1n) is 9.88. The third-order valence-electron chi connectivity index (χ3n) is 5.92. The summed E-state index contributed by atoms with van der Waals surface area (Å²) in [5, 5.41) is 8.85. The predicted octanol–water partition coefficient (Wildman–Crippen LogP) is 2.46. The zero-order valence-corrected chi connectivity index (χ0v) is 15.4. The molecule has 3 aliphatic heterocycles. The average Bonchev–Trinajstić information content (AvgIpc) is 2.81. The number of likely N-dealkylation sites (tertiary alicyclic amines) is 1. The number of aliphatic imine (C=N–C) groups is 1. The quantitative estimate of drug-likeness (QED) is 0.578. The number of amidine groups is 1. The Morgan fingerprint density at radius 1 is 1.19 bits per heavy atom. The molecule has 2 amide bonds. The van der Waals surface area contributed by atoms with Crippen LogP contribution in [0.15, 0.2) is 40.8 Å². The lowest BCUT2D eigenvalue weighted by atomic mass is 9.85. The first kappa shape index (κ1) is 18.0. The largest absolute Gasteiger partial charge is 0.324 e. The van der Waals surface area contributed by atoms with Crippen LogP contribution in [0.3, 0.4) is 0 Å². The van der Waals surface area contributed by atoms with Crippen molar-refractivity contribution in [3.05, 3.63) is 35.8 Å². The summed E-state index contributed by atoms with van der Waals surface area (Å²) in [7, 11) is 0. The molecule has 0 spiro atoms. The van der Waals surface area contributed by atoms with Crippen molar-refractivity contribution < 1.29 is 14.8 Å². The van der Waals surface area contributed by atoms with E-state index in [1.807, 2.05) is 17.2 Å². The van der Waals surface area contributed by atoms with Crippen LogP contribution in [0.4, 0.5) is 0 Å². The first-order chi connectivity index (χ1) is 13.2. The van der Waals surface area contributed by atoms with E-state index in [0.717, 1.165) is 50.2 Å². The fourth-order valence-corrected chi connectivity index (χ4v) is 4.25. The van der Waals surface area contributed by atoms with Crippen LogP contribution in [-0.2, 0) is 9.59 Å². The van der Waals surface area contributed by atoms with Gasteiger partial charge in [-0.05, 0) is 25.7 Å². The molecule has 4 aliphatic rings. The molecule has 7 nitrogen and oxygen atoms in total. The van der Waals surface area contributed by atoms with E-state index in [-0.39, 0.29) is 12.0 Å². The number of nitrogens with one attached hydrogen (secondary N) is 1. The number of hydrogen-bond donors (Lipinski definition) is 2. The lowest BCUT2D eigenvalue weighted by molar-refractivity contribution is -0.140. The maximum atomic E-state index is 12.7. The molecule has 4 rings (SSSR count). The zero-order chi connectivity index (χ0) is 18.8. The van der Waals surface area contributed by atoms with Gasteiger partial charge < -0.3 is 9.80 Å². The van der Waals surface area contributed by atoms with Gasteiger partial charge in [-0.15, -0.1) is 0 Å². The normalized spacial score (nSPS) is 28.6. The van der Waals surface area contributed by atoms with Crippen LogP contribution in [0, 0.1) is 5.92 Å². The molecule has 27 heavy (non-hydrogen) atoms. The van der Waals surface area contributed by atoms with Gasteiger partial charge in [0.25, 0.3) is 5.91 Å². The Hall–Kier alpha value is -2.41. The van der Waals surface area contributed by atoms with E-state index in [1.54, 1.807) is 11.6 Å². The number of rotatable bonds is 2. The Kier molecular flexibility index (Phi) is 5.11. The number of nitrogens with zero attached hydrogens (tertiary/aromatic N) is 3. The summed E-state index contributed by atoms with van der Waals surface area (Å²) in [5.41, 5.74) is 3.08. The molecule has 2 fully saturated rings. The van der Waals surface area contributed by atoms with E-state index >= 15 is 0 Å². The fraction of sp³-hybridized carbons (Fsp3) is 0.550. The molecule has 0 bridgehead atoms. The number of hydrogen-bond acceptors (Lipinski definition) is 5. The van der Waals surface area contributed by atoms with E-state index in [9.17, 15) is 9.59 Å². The standard InChI is InChI=1S/C20H26N4O3/c25-19(22-27)15-9-5-2-6-10-18(21-11-15)23-12-17-16(23)13-24(17)20(26)14-7-3-1-4-8-14/h5,9,11-12,14,16,27H,1-4,6-8,10,13H2,(H,22,25)/b9-5-,15-11+,21-18?/t16-/m1/s1. The van der Waals surface area contributed by atoms with Crippen LogP contribution >= 0.6 is 0 Å². The molecule has 2 N–H and O–H groups in total. The molecule has 0 unspecified atom stereocenters. The van der Waals surface area contributed by atoms with Gasteiger partial charge in [-0.3, -0.25) is 14.8 Å². The minimum Gasteiger partial charge on any atom is -0.324 e. The Bertz CT molecular complexity index is 746. The Morgan fingerprint density at radius 3 is 2.70 bits per heavy atom. The summed E-state index contributed by atoms with van der Waals surface area (Å²) in [6.45, 7) is 0.728.